The van der Waals surface area contributed by atoms with Gasteiger partial charge < -0.3 is 15.0 Å². The number of ether oxygens (including phenoxy) is 1. The topological polar surface area (TPSA) is 41.6 Å². The molecule has 2 saturated heterocycles. The maximum atomic E-state index is 12.3. The second-order valence-electron chi connectivity index (χ2n) is 7.00. The quantitative estimate of drug-likeness (QED) is 0.837. The van der Waals surface area contributed by atoms with Gasteiger partial charge in [0.15, 0.2) is 0 Å². The molecule has 0 aromatic carbocycles. The lowest BCUT2D eigenvalue weighted by molar-refractivity contribution is 0.0159. The van der Waals surface area contributed by atoms with Crippen molar-refractivity contribution < 1.29 is 9.53 Å². The van der Waals surface area contributed by atoms with Crippen LogP contribution in [0.25, 0.3) is 0 Å². The summed E-state index contributed by atoms with van der Waals surface area (Å²) in [5.41, 5.74) is -0.400. The molecule has 0 aromatic rings. The molecule has 110 valence electrons. The summed E-state index contributed by atoms with van der Waals surface area (Å²) in [6.45, 7) is 11.2. The van der Waals surface area contributed by atoms with Crippen LogP contribution in [0.3, 0.4) is 0 Å². The van der Waals surface area contributed by atoms with Crippen molar-refractivity contribution in [3.63, 3.8) is 0 Å². The third-order valence-corrected chi connectivity index (χ3v) is 4.38. The van der Waals surface area contributed by atoms with Gasteiger partial charge in [-0.2, -0.15) is 0 Å². The molecule has 0 saturated carbocycles. The number of rotatable bonds is 2. The van der Waals surface area contributed by atoms with Gasteiger partial charge in [0.2, 0.25) is 0 Å². The van der Waals surface area contributed by atoms with Crippen LogP contribution in [0.15, 0.2) is 0 Å². The fraction of sp³-hybridized carbons (Fsp3) is 0.933. The van der Waals surface area contributed by atoms with E-state index in [4.69, 9.17) is 4.74 Å². The van der Waals surface area contributed by atoms with Crippen molar-refractivity contribution in [2.45, 2.75) is 58.6 Å². The van der Waals surface area contributed by atoms with E-state index < -0.39 is 5.60 Å². The molecule has 2 fully saturated rings. The van der Waals surface area contributed by atoms with E-state index in [-0.39, 0.29) is 6.09 Å². The van der Waals surface area contributed by atoms with Crippen LogP contribution >= 0.6 is 0 Å². The molecule has 2 rings (SSSR count). The third-order valence-electron chi connectivity index (χ3n) is 4.38. The van der Waals surface area contributed by atoms with Crippen molar-refractivity contribution in [3.8, 4) is 0 Å². The molecule has 4 nitrogen and oxygen atoms in total. The number of nitrogens with one attached hydrogen (secondary N) is 1. The van der Waals surface area contributed by atoms with Crippen LogP contribution in [0.2, 0.25) is 0 Å². The number of hydrogen-bond acceptors (Lipinski definition) is 3. The maximum Gasteiger partial charge on any atom is 0.410 e. The van der Waals surface area contributed by atoms with Crippen molar-refractivity contribution in [2.75, 3.05) is 19.6 Å². The third kappa shape index (κ3) is 3.62. The highest BCUT2D eigenvalue weighted by Gasteiger charge is 2.38. The number of carbonyl (C=O) groups excluding carboxylic acids is 1. The van der Waals surface area contributed by atoms with Crippen molar-refractivity contribution >= 4 is 6.09 Å². The second kappa shape index (κ2) is 5.70. The van der Waals surface area contributed by atoms with Gasteiger partial charge in [0, 0.05) is 12.6 Å². The highest BCUT2D eigenvalue weighted by molar-refractivity contribution is 5.69. The minimum absolute atomic E-state index is 0.132. The number of nitrogens with zero attached hydrogens (tertiary/aromatic N) is 1. The molecule has 0 aliphatic carbocycles. The Labute approximate surface area is 116 Å². The average molecular weight is 268 g/mol. The number of amides is 1. The minimum Gasteiger partial charge on any atom is -0.444 e. The van der Waals surface area contributed by atoms with Gasteiger partial charge in [-0.15, -0.1) is 0 Å². The van der Waals surface area contributed by atoms with Gasteiger partial charge in [0.1, 0.15) is 5.60 Å². The van der Waals surface area contributed by atoms with E-state index in [2.05, 4.69) is 12.2 Å². The molecule has 4 heteroatoms. The smallest absolute Gasteiger partial charge is 0.410 e. The Bertz CT molecular complexity index is 319. The number of hydrogen-bond donors (Lipinski definition) is 1. The van der Waals surface area contributed by atoms with Crippen molar-refractivity contribution in [2.24, 2.45) is 11.8 Å². The number of likely N-dealkylation sites (tertiary alicyclic amines) is 1. The summed E-state index contributed by atoms with van der Waals surface area (Å²) in [5, 5.41) is 3.42. The molecule has 3 atom stereocenters. The van der Waals surface area contributed by atoms with Crippen molar-refractivity contribution in [3.05, 3.63) is 0 Å². The van der Waals surface area contributed by atoms with E-state index in [9.17, 15) is 4.79 Å². The summed E-state index contributed by atoms with van der Waals surface area (Å²) in [6.07, 6.45) is 3.33. The zero-order valence-electron chi connectivity index (χ0n) is 12.7. The first kappa shape index (κ1) is 14.6. The van der Waals surface area contributed by atoms with Crippen LogP contribution in [-0.2, 0) is 4.74 Å². The first-order valence-electron chi connectivity index (χ1n) is 7.59. The molecule has 0 bridgehead atoms. The van der Waals surface area contributed by atoms with Gasteiger partial charge in [-0.05, 0) is 65.0 Å². The van der Waals surface area contributed by atoms with E-state index in [0.29, 0.717) is 17.9 Å². The van der Waals surface area contributed by atoms with Crippen LogP contribution < -0.4 is 5.32 Å². The molecule has 2 heterocycles. The minimum atomic E-state index is -0.400. The number of carbonyl (C=O) groups is 1. The summed E-state index contributed by atoms with van der Waals surface area (Å²) >= 11 is 0. The van der Waals surface area contributed by atoms with Gasteiger partial charge in [0.25, 0.3) is 0 Å². The lowest BCUT2D eigenvalue weighted by Gasteiger charge is -2.34. The summed E-state index contributed by atoms with van der Waals surface area (Å²) in [7, 11) is 0. The summed E-state index contributed by atoms with van der Waals surface area (Å²) in [5.74, 6) is 1.26. The maximum absolute atomic E-state index is 12.3. The van der Waals surface area contributed by atoms with E-state index in [1.165, 1.54) is 6.42 Å². The highest BCUT2D eigenvalue weighted by atomic mass is 16.6. The summed E-state index contributed by atoms with van der Waals surface area (Å²) < 4.78 is 5.54. The van der Waals surface area contributed by atoms with Crippen molar-refractivity contribution in [1.82, 2.24) is 10.2 Å². The van der Waals surface area contributed by atoms with E-state index in [0.717, 1.165) is 32.5 Å². The summed E-state index contributed by atoms with van der Waals surface area (Å²) in [4.78, 5) is 14.2. The molecule has 0 spiro atoms. The van der Waals surface area contributed by atoms with Gasteiger partial charge >= 0.3 is 6.09 Å². The Morgan fingerprint density at radius 2 is 2.11 bits per heavy atom. The van der Waals surface area contributed by atoms with Gasteiger partial charge in [-0.1, -0.05) is 6.92 Å². The van der Waals surface area contributed by atoms with E-state index >= 15 is 0 Å². The van der Waals surface area contributed by atoms with Gasteiger partial charge in [-0.3, -0.25) is 0 Å². The Morgan fingerprint density at radius 1 is 1.37 bits per heavy atom. The molecule has 2 aliphatic heterocycles. The SMILES string of the molecule is CC(C1CCCN1C(=O)OC(C)(C)C)[C@@H]1CCNC1. The first-order chi connectivity index (χ1) is 8.88. The monoisotopic (exact) mass is 268 g/mol. The second-order valence-corrected chi connectivity index (χ2v) is 7.00. The molecular weight excluding hydrogens is 240 g/mol. The van der Waals surface area contributed by atoms with Crippen LogP contribution in [0.5, 0.6) is 0 Å². The van der Waals surface area contributed by atoms with Gasteiger partial charge in [0.05, 0.1) is 0 Å². The zero-order valence-corrected chi connectivity index (χ0v) is 12.7. The average Bonchev–Trinajstić information content (AvgIpc) is 2.97. The Kier molecular flexibility index (Phi) is 4.39. The molecule has 19 heavy (non-hydrogen) atoms. The van der Waals surface area contributed by atoms with Crippen LogP contribution in [0.1, 0.15) is 47.0 Å². The van der Waals surface area contributed by atoms with E-state index in [1.807, 2.05) is 25.7 Å². The molecular formula is C15H28N2O2. The lowest BCUT2D eigenvalue weighted by atomic mass is 9.86. The fourth-order valence-corrected chi connectivity index (χ4v) is 3.33. The van der Waals surface area contributed by atoms with E-state index in [1.54, 1.807) is 0 Å². The standard InChI is InChI=1S/C15H28N2O2/c1-11(12-7-8-16-10-12)13-6-5-9-17(13)14(18)19-15(2,3)4/h11-13,16H,5-10H2,1-4H3/t11?,12-,13?/m1/s1. The fourth-order valence-electron chi connectivity index (χ4n) is 3.33. The Balaban J connectivity index is 1.97. The molecule has 2 unspecified atom stereocenters. The molecule has 2 aliphatic rings. The molecule has 0 aromatic heterocycles. The predicted molar refractivity (Wildman–Crippen MR) is 76.1 cm³/mol. The summed E-state index contributed by atoms with van der Waals surface area (Å²) in [6, 6.07) is 0.361. The van der Waals surface area contributed by atoms with Crippen LogP contribution in [0, 0.1) is 11.8 Å². The van der Waals surface area contributed by atoms with Crippen LogP contribution in [-0.4, -0.2) is 42.3 Å². The van der Waals surface area contributed by atoms with Crippen LogP contribution in [0.4, 0.5) is 4.79 Å². The molecule has 1 N–H and O–H groups in total. The lowest BCUT2D eigenvalue weighted by Crippen LogP contribution is -2.44. The van der Waals surface area contributed by atoms with Crippen molar-refractivity contribution in [1.29, 1.82) is 0 Å². The first-order valence-corrected chi connectivity index (χ1v) is 7.59. The Morgan fingerprint density at radius 3 is 2.68 bits per heavy atom. The van der Waals surface area contributed by atoms with Gasteiger partial charge in [-0.25, -0.2) is 4.79 Å². The largest absolute Gasteiger partial charge is 0.444 e. The zero-order chi connectivity index (χ0) is 14.0. The molecule has 1 amide bonds. The normalized spacial score (nSPS) is 29.6. The Hall–Kier alpha value is -0.770. The predicted octanol–water partition coefficient (Wildman–Crippen LogP) is 2.63. The molecule has 0 radical (unpaired) electrons. The highest BCUT2D eigenvalue weighted by Crippen LogP contribution is 2.32.